The standard InChI is InChI=1S/C18H15F3N2O/c1-3-4-5-6-12(2)15-11-22-17(23-15)16(24)13-7-9-14(10-8-13)18(19,20)21/h3-11H,2H2,1H3,(H,22,23)/b4-3-,6-5-. The van der Waals surface area contributed by atoms with Crippen molar-refractivity contribution in [2.24, 2.45) is 0 Å². The summed E-state index contributed by atoms with van der Waals surface area (Å²) in [5.41, 5.74) is 0.513. The van der Waals surface area contributed by atoms with Gasteiger partial charge in [-0.2, -0.15) is 13.2 Å². The van der Waals surface area contributed by atoms with E-state index in [2.05, 4.69) is 16.5 Å². The van der Waals surface area contributed by atoms with Crippen LogP contribution in [0.5, 0.6) is 0 Å². The number of rotatable bonds is 5. The molecule has 0 bridgehead atoms. The van der Waals surface area contributed by atoms with Crippen LogP contribution in [0.1, 0.15) is 34.4 Å². The number of halogens is 3. The second-order valence-corrected chi connectivity index (χ2v) is 4.96. The summed E-state index contributed by atoms with van der Waals surface area (Å²) in [5, 5.41) is 0. The number of hydrogen-bond acceptors (Lipinski definition) is 2. The largest absolute Gasteiger partial charge is 0.416 e. The monoisotopic (exact) mass is 332 g/mol. The van der Waals surface area contributed by atoms with Crippen LogP contribution in [-0.4, -0.2) is 15.8 Å². The first-order valence-electron chi connectivity index (χ1n) is 7.08. The molecule has 0 unspecified atom stereocenters. The van der Waals surface area contributed by atoms with Crippen LogP contribution in [-0.2, 0) is 6.18 Å². The van der Waals surface area contributed by atoms with Gasteiger partial charge < -0.3 is 4.98 Å². The minimum absolute atomic E-state index is 0.0466. The number of imidazole rings is 1. The first kappa shape index (κ1) is 17.5. The fourth-order valence-corrected chi connectivity index (χ4v) is 1.92. The number of benzene rings is 1. The van der Waals surface area contributed by atoms with Gasteiger partial charge in [-0.15, -0.1) is 0 Å². The number of carbonyl (C=O) groups excluding carboxylic acids is 1. The molecule has 124 valence electrons. The van der Waals surface area contributed by atoms with E-state index in [9.17, 15) is 18.0 Å². The van der Waals surface area contributed by atoms with Crippen LogP contribution in [0, 0.1) is 0 Å². The fraction of sp³-hybridized carbons (Fsp3) is 0.111. The van der Waals surface area contributed by atoms with Crippen molar-refractivity contribution in [3.63, 3.8) is 0 Å². The van der Waals surface area contributed by atoms with Crippen molar-refractivity contribution in [2.45, 2.75) is 13.1 Å². The molecule has 2 aromatic rings. The molecule has 3 nitrogen and oxygen atoms in total. The third-order valence-electron chi connectivity index (χ3n) is 3.21. The van der Waals surface area contributed by atoms with Crippen molar-refractivity contribution < 1.29 is 18.0 Å². The molecule has 2 rings (SSSR count). The normalized spacial score (nSPS) is 12.2. The molecule has 1 N–H and O–H groups in total. The maximum Gasteiger partial charge on any atom is 0.416 e. The molecule has 1 heterocycles. The van der Waals surface area contributed by atoms with Crippen LogP contribution < -0.4 is 0 Å². The highest BCUT2D eigenvalue weighted by Gasteiger charge is 2.30. The van der Waals surface area contributed by atoms with Gasteiger partial charge in [0.25, 0.3) is 0 Å². The number of nitrogens with zero attached hydrogens (tertiary/aromatic N) is 1. The predicted molar refractivity (Wildman–Crippen MR) is 86.5 cm³/mol. The molecule has 0 aliphatic carbocycles. The van der Waals surface area contributed by atoms with Gasteiger partial charge in [0, 0.05) is 5.56 Å². The quantitative estimate of drug-likeness (QED) is 0.631. The van der Waals surface area contributed by atoms with Crippen molar-refractivity contribution in [2.75, 3.05) is 0 Å². The van der Waals surface area contributed by atoms with Gasteiger partial charge >= 0.3 is 6.18 Å². The van der Waals surface area contributed by atoms with Crippen molar-refractivity contribution in [3.05, 3.63) is 84.0 Å². The molecule has 0 saturated heterocycles. The van der Waals surface area contributed by atoms with E-state index in [1.54, 1.807) is 12.2 Å². The van der Waals surface area contributed by atoms with Gasteiger partial charge in [-0.1, -0.05) is 43.0 Å². The Morgan fingerprint density at radius 1 is 1.21 bits per heavy atom. The van der Waals surface area contributed by atoms with E-state index >= 15 is 0 Å². The van der Waals surface area contributed by atoms with Gasteiger partial charge in [0.1, 0.15) is 0 Å². The van der Waals surface area contributed by atoms with E-state index in [0.717, 1.165) is 24.3 Å². The van der Waals surface area contributed by atoms with Crippen molar-refractivity contribution >= 4 is 11.4 Å². The van der Waals surface area contributed by atoms with Gasteiger partial charge in [-0.3, -0.25) is 4.79 Å². The lowest BCUT2D eigenvalue weighted by molar-refractivity contribution is -0.137. The number of allylic oxidation sites excluding steroid dienone is 5. The summed E-state index contributed by atoms with van der Waals surface area (Å²) in [5.74, 6) is -0.439. The van der Waals surface area contributed by atoms with E-state index in [1.807, 2.05) is 19.1 Å². The number of hydrogen-bond donors (Lipinski definition) is 1. The average molecular weight is 332 g/mol. The third-order valence-corrected chi connectivity index (χ3v) is 3.21. The Labute approximate surface area is 137 Å². The Kier molecular flexibility index (Phi) is 5.18. The van der Waals surface area contributed by atoms with Gasteiger partial charge in [0.05, 0.1) is 17.5 Å². The Morgan fingerprint density at radius 3 is 2.46 bits per heavy atom. The Hall–Kier alpha value is -2.89. The van der Waals surface area contributed by atoms with Crippen LogP contribution in [0.15, 0.2) is 61.3 Å². The molecule has 0 fully saturated rings. The Bertz CT molecular complexity index is 796. The minimum atomic E-state index is -4.43. The van der Waals surface area contributed by atoms with Crippen molar-refractivity contribution in [1.82, 2.24) is 9.97 Å². The Morgan fingerprint density at radius 2 is 1.88 bits per heavy atom. The summed E-state index contributed by atoms with van der Waals surface area (Å²) in [6.45, 7) is 5.73. The molecule has 6 heteroatoms. The maximum absolute atomic E-state index is 12.5. The zero-order chi connectivity index (χ0) is 17.7. The fourth-order valence-electron chi connectivity index (χ4n) is 1.92. The summed E-state index contributed by atoms with van der Waals surface area (Å²) in [7, 11) is 0. The molecular weight excluding hydrogens is 317 g/mol. The molecule has 0 aliphatic rings. The number of carbonyl (C=O) groups is 1. The molecule has 0 radical (unpaired) electrons. The number of H-pyrrole nitrogens is 1. The van der Waals surface area contributed by atoms with E-state index < -0.39 is 17.5 Å². The second kappa shape index (κ2) is 7.12. The molecule has 0 saturated carbocycles. The predicted octanol–water partition coefficient (Wildman–Crippen LogP) is 4.81. The van der Waals surface area contributed by atoms with Gasteiger partial charge in [0.15, 0.2) is 5.82 Å². The van der Waals surface area contributed by atoms with E-state index in [4.69, 9.17) is 0 Å². The molecule has 24 heavy (non-hydrogen) atoms. The second-order valence-electron chi connectivity index (χ2n) is 4.96. The van der Waals surface area contributed by atoms with Gasteiger partial charge in [-0.25, -0.2) is 4.98 Å². The topological polar surface area (TPSA) is 45.8 Å². The van der Waals surface area contributed by atoms with Crippen LogP contribution >= 0.6 is 0 Å². The zero-order valence-electron chi connectivity index (χ0n) is 12.9. The molecule has 0 amide bonds. The molecule has 0 aliphatic heterocycles. The minimum Gasteiger partial charge on any atom is -0.335 e. The zero-order valence-corrected chi connectivity index (χ0v) is 12.9. The van der Waals surface area contributed by atoms with E-state index in [-0.39, 0.29) is 11.4 Å². The smallest absolute Gasteiger partial charge is 0.335 e. The van der Waals surface area contributed by atoms with E-state index in [1.165, 1.54) is 6.20 Å². The van der Waals surface area contributed by atoms with Gasteiger partial charge in [-0.05, 0) is 24.6 Å². The first-order chi connectivity index (χ1) is 11.3. The summed E-state index contributed by atoms with van der Waals surface area (Å²) in [6, 6.07) is 4.01. The molecule has 1 aromatic carbocycles. The van der Waals surface area contributed by atoms with Crippen molar-refractivity contribution in [1.29, 1.82) is 0 Å². The summed E-state index contributed by atoms with van der Waals surface area (Å²) in [6.07, 6.45) is 4.25. The number of aromatic amines is 1. The lowest BCUT2D eigenvalue weighted by Gasteiger charge is -2.06. The SMILES string of the molecule is C=C(/C=C\C=C/C)c1cnc(C(=O)c2ccc(C(F)(F)F)cc2)[nH]1. The lowest BCUT2D eigenvalue weighted by atomic mass is 10.1. The number of nitrogens with one attached hydrogen (secondary N) is 1. The third kappa shape index (κ3) is 4.10. The van der Waals surface area contributed by atoms with E-state index in [0.29, 0.717) is 11.3 Å². The number of aromatic nitrogens is 2. The molecule has 0 spiro atoms. The highest BCUT2D eigenvalue weighted by atomic mass is 19.4. The summed E-state index contributed by atoms with van der Waals surface area (Å²) in [4.78, 5) is 19.1. The molecule has 0 atom stereocenters. The number of alkyl halides is 3. The molecular formula is C18H15F3N2O. The van der Waals surface area contributed by atoms with Crippen LogP contribution in [0.3, 0.4) is 0 Å². The summed E-state index contributed by atoms with van der Waals surface area (Å²) >= 11 is 0. The molecule has 1 aromatic heterocycles. The Balaban J connectivity index is 2.18. The summed E-state index contributed by atoms with van der Waals surface area (Å²) < 4.78 is 37.6. The van der Waals surface area contributed by atoms with Crippen molar-refractivity contribution in [3.8, 4) is 0 Å². The van der Waals surface area contributed by atoms with Crippen LogP contribution in [0.4, 0.5) is 13.2 Å². The highest BCUT2D eigenvalue weighted by molar-refractivity contribution is 6.06. The van der Waals surface area contributed by atoms with Crippen LogP contribution in [0.25, 0.3) is 5.57 Å². The average Bonchev–Trinajstić information content (AvgIpc) is 3.03. The van der Waals surface area contributed by atoms with Gasteiger partial charge in [0.2, 0.25) is 5.78 Å². The number of ketones is 1. The maximum atomic E-state index is 12.5. The van der Waals surface area contributed by atoms with Crippen LogP contribution in [0.2, 0.25) is 0 Å². The lowest BCUT2D eigenvalue weighted by Crippen LogP contribution is -2.07. The first-order valence-corrected chi connectivity index (χ1v) is 7.08. The highest BCUT2D eigenvalue weighted by Crippen LogP contribution is 2.29.